The zero-order valence-corrected chi connectivity index (χ0v) is 19.0. The highest BCUT2D eigenvalue weighted by Crippen LogP contribution is 2.39. The topological polar surface area (TPSA) is 104 Å². The van der Waals surface area contributed by atoms with Gasteiger partial charge in [0.05, 0.1) is 55.6 Å². The first-order chi connectivity index (χ1) is 14.8. The van der Waals surface area contributed by atoms with Gasteiger partial charge in [-0.25, -0.2) is 0 Å². The van der Waals surface area contributed by atoms with Gasteiger partial charge < -0.3 is 28.8 Å². The third-order valence-electron chi connectivity index (χ3n) is 6.38. The van der Waals surface area contributed by atoms with Crippen LogP contribution >= 0.6 is 0 Å². The van der Waals surface area contributed by atoms with Gasteiger partial charge in [-0.3, -0.25) is 9.59 Å². The normalized spacial score (nSPS) is 33.0. The van der Waals surface area contributed by atoms with E-state index in [1.165, 1.54) is 0 Å². The number of epoxide rings is 1. The van der Waals surface area contributed by atoms with Crippen molar-refractivity contribution in [3.05, 3.63) is 0 Å². The van der Waals surface area contributed by atoms with Crippen LogP contribution in [0.15, 0.2) is 0 Å². The Morgan fingerprint density at radius 1 is 0.806 bits per heavy atom. The first kappa shape index (κ1) is 24.4. The molecule has 3 fully saturated rings. The minimum atomic E-state index is -0.342. The van der Waals surface area contributed by atoms with Crippen LogP contribution in [0.2, 0.25) is 0 Å². The third kappa shape index (κ3) is 8.00. The lowest BCUT2D eigenvalue weighted by Crippen LogP contribution is -2.31. The second-order valence-corrected chi connectivity index (χ2v) is 9.39. The van der Waals surface area contributed by atoms with Crippen molar-refractivity contribution in [3.63, 3.8) is 0 Å². The van der Waals surface area contributed by atoms with Crippen molar-refractivity contribution < 1.29 is 38.4 Å². The van der Waals surface area contributed by atoms with E-state index in [0.717, 1.165) is 19.3 Å². The van der Waals surface area contributed by atoms with Gasteiger partial charge in [0.2, 0.25) is 0 Å². The van der Waals surface area contributed by atoms with Gasteiger partial charge in [0.15, 0.2) is 0 Å². The molecule has 3 aliphatic rings. The van der Waals surface area contributed by atoms with Crippen LogP contribution in [0.25, 0.3) is 0 Å². The largest absolute Gasteiger partial charge is 0.463 e. The average Bonchev–Trinajstić information content (AvgIpc) is 3.53. The molecule has 2 aliphatic carbocycles. The number of carbonyl (C=O) groups is 2. The Morgan fingerprint density at radius 2 is 1.42 bits per heavy atom. The van der Waals surface area contributed by atoms with E-state index in [4.69, 9.17) is 23.7 Å². The molecule has 8 heteroatoms. The molecular weight excluding hydrogens is 404 g/mol. The summed E-state index contributed by atoms with van der Waals surface area (Å²) < 4.78 is 27.8. The Kier molecular flexibility index (Phi) is 9.13. The van der Waals surface area contributed by atoms with Gasteiger partial charge in [-0.2, -0.15) is 0 Å². The van der Waals surface area contributed by atoms with Crippen LogP contribution in [0.4, 0.5) is 0 Å². The van der Waals surface area contributed by atoms with Crippen LogP contribution in [-0.2, 0) is 33.3 Å². The van der Waals surface area contributed by atoms with Crippen LogP contribution in [0, 0.1) is 11.8 Å². The number of esters is 2. The first-order valence-corrected chi connectivity index (χ1v) is 11.8. The van der Waals surface area contributed by atoms with E-state index in [1.807, 2.05) is 20.8 Å². The molecule has 0 amide bonds. The van der Waals surface area contributed by atoms with Crippen LogP contribution in [0.5, 0.6) is 0 Å². The van der Waals surface area contributed by atoms with Crippen molar-refractivity contribution in [3.8, 4) is 0 Å². The van der Waals surface area contributed by atoms with Gasteiger partial charge in [-0.1, -0.05) is 0 Å². The molecule has 1 heterocycles. The number of hydrogen-bond acceptors (Lipinski definition) is 8. The molecule has 0 aromatic heterocycles. The van der Waals surface area contributed by atoms with Gasteiger partial charge in [0.25, 0.3) is 0 Å². The Hall–Kier alpha value is -1.22. The molecule has 31 heavy (non-hydrogen) atoms. The predicted molar refractivity (Wildman–Crippen MR) is 111 cm³/mol. The molecular formula is C23H38O8. The monoisotopic (exact) mass is 442 g/mol. The highest BCUT2D eigenvalue weighted by molar-refractivity contribution is 5.73. The number of fused-ring (bicyclic) bond motifs is 1. The molecule has 1 aliphatic heterocycles. The van der Waals surface area contributed by atoms with Gasteiger partial charge >= 0.3 is 11.9 Å². The molecule has 6 atom stereocenters. The Balaban J connectivity index is 1.22. The zero-order valence-electron chi connectivity index (χ0n) is 19.0. The number of ether oxygens (including phenoxy) is 5. The average molecular weight is 443 g/mol. The number of aliphatic hydroxyl groups excluding tert-OH is 1. The molecule has 1 N–H and O–H groups in total. The second-order valence-electron chi connectivity index (χ2n) is 9.39. The Morgan fingerprint density at radius 3 is 2.10 bits per heavy atom. The molecule has 178 valence electrons. The molecule has 0 bridgehead atoms. The molecule has 6 unspecified atom stereocenters. The summed E-state index contributed by atoms with van der Waals surface area (Å²) in [5, 5.41) is 9.54. The summed E-state index contributed by atoms with van der Waals surface area (Å²) in [7, 11) is 0. The van der Waals surface area contributed by atoms with E-state index in [2.05, 4.69) is 0 Å². The molecule has 1 saturated heterocycles. The van der Waals surface area contributed by atoms with Crippen LogP contribution in [0.3, 0.4) is 0 Å². The maximum atomic E-state index is 12.2. The summed E-state index contributed by atoms with van der Waals surface area (Å²) >= 11 is 0. The summed E-state index contributed by atoms with van der Waals surface area (Å²) in [6.45, 7) is 6.45. The minimum Gasteiger partial charge on any atom is -0.463 e. The molecule has 0 spiro atoms. The highest BCUT2D eigenvalue weighted by atomic mass is 16.6. The molecule has 0 aromatic rings. The SMILES string of the molecule is CC(COC(=O)C1CCC2OC2C1)OCC(C)OCC(C)OC(=O)C1CCC(O)CC1. The number of aliphatic hydroxyl groups is 1. The van der Waals surface area contributed by atoms with E-state index in [0.29, 0.717) is 45.0 Å². The van der Waals surface area contributed by atoms with Crippen molar-refractivity contribution in [1.29, 1.82) is 0 Å². The van der Waals surface area contributed by atoms with Gasteiger partial charge in [0, 0.05) is 0 Å². The lowest BCUT2D eigenvalue weighted by molar-refractivity contribution is -0.161. The summed E-state index contributed by atoms with van der Waals surface area (Å²) in [6.07, 6.45) is 4.83. The fraction of sp³-hybridized carbons (Fsp3) is 0.913. The standard InChI is InChI=1S/C23H38O8/c1-14(28-13-16(3)30-23(26)17-4-7-19(24)8-5-17)11-27-15(2)12-29-22(25)18-6-9-20-21(10-18)31-20/h14-21,24H,4-13H2,1-3H3. The van der Waals surface area contributed by atoms with E-state index in [9.17, 15) is 14.7 Å². The van der Waals surface area contributed by atoms with Crippen molar-refractivity contribution in [2.24, 2.45) is 11.8 Å². The van der Waals surface area contributed by atoms with E-state index in [-0.39, 0.29) is 60.9 Å². The lowest BCUT2D eigenvalue weighted by Gasteiger charge is -2.25. The molecule has 0 radical (unpaired) electrons. The van der Waals surface area contributed by atoms with E-state index in [1.54, 1.807) is 0 Å². The summed E-state index contributed by atoms with van der Waals surface area (Å²) in [5.41, 5.74) is 0. The van der Waals surface area contributed by atoms with Gasteiger partial charge in [-0.15, -0.1) is 0 Å². The molecule has 0 aromatic carbocycles. The maximum absolute atomic E-state index is 12.2. The van der Waals surface area contributed by atoms with Crippen molar-refractivity contribution in [1.82, 2.24) is 0 Å². The quantitative estimate of drug-likeness (QED) is 0.384. The second kappa shape index (κ2) is 11.6. The summed E-state index contributed by atoms with van der Waals surface area (Å²) in [5.74, 6) is -0.538. The number of carbonyl (C=O) groups excluding carboxylic acids is 2. The van der Waals surface area contributed by atoms with Crippen molar-refractivity contribution in [2.75, 3.05) is 19.8 Å². The first-order valence-electron chi connectivity index (χ1n) is 11.8. The maximum Gasteiger partial charge on any atom is 0.309 e. The lowest BCUT2D eigenvalue weighted by atomic mass is 9.87. The smallest absolute Gasteiger partial charge is 0.309 e. The third-order valence-corrected chi connectivity index (χ3v) is 6.38. The van der Waals surface area contributed by atoms with Crippen LogP contribution in [-0.4, -0.2) is 73.5 Å². The van der Waals surface area contributed by atoms with E-state index >= 15 is 0 Å². The van der Waals surface area contributed by atoms with Crippen molar-refractivity contribution >= 4 is 11.9 Å². The number of hydrogen-bond donors (Lipinski definition) is 1. The van der Waals surface area contributed by atoms with Crippen LogP contribution in [0.1, 0.15) is 65.7 Å². The van der Waals surface area contributed by atoms with Gasteiger partial charge in [-0.05, 0) is 65.7 Å². The van der Waals surface area contributed by atoms with Crippen LogP contribution < -0.4 is 0 Å². The number of rotatable bonds is 11. The molecule has 8 nitrogen and oxygen atoms in total. The van der Waals surface area contributed by atoms with E-state index < -0.39 is 0 Å². The van der Waals surface area contributed by atoms with Crippen molar-refractivity contribution in [2.45, 2.75) is 102 Å². The van der Waals surface area contributed by atoms with Gasteiger partial charge in [0.1, 0.15) is 12.7 Å². The summed E-state index contributed by atoms with van der Waals surface area (Å²) in [4.78, 5) is 24.4. The Bertz CT molecular complexity index is 588. The predicted octanol–water partition coefficient (Wildman–Crippen LogP) is 2.39. The Labute approximate surface area is 184 Å². The fourth-order valence-electron chi connectivity index (χ4n) is 4.27. The zero-order chi connectivity index (χ0) is 22.4. The summed E-state index contributed by atoms with van der Waals surface area (Å²) in [6, 6.07) is 0. The highest BCUT2D eigenvalue weighted by Gasteiger charge is 2.46. The minimum absolute atomic E-state index is 0.0546. The molecule has 2 saturated carbocycles. The molecule has 3 rings (SSSR count). The fourth-order valence-corrected chi connectivity index (χ4v) is 4.27.